The predicted molar refractivity (Wildman–Crippen MR) is 65.1 cm³/mol. The molecule has 0 saturated carbocycles. The van der Waals surface area contributed by atoms with Crippen molar-refractivity contribution in [2.45, 2.75) is 6.54 Å². The van der Waals surface area contributed by atoms with E-state index in [0.29, 0.717) is 26.3 Å². The Morgan fingerprint density at radius 3 is 2.83 bits per heavy atom. The summed E-state index contributed by atoms with van der Waals surface area (Å²) in [4.78, 5) is 10.2. The lowest BCUT2D eigenvalue weighted by molar-refractivity contribution is -0.384. The number of ether oxygens (including phenoxy) is 1. The molecule has 1 saturated heterocycles. The van der Waals surface area contributed by atoms with E-state index >= 15 is 0 Å². The molecule has 2 N–H and O–H groups in total. The molecule has 98 valence electrons. The van der Waals surface area contributed by atoms with E-state index in [0.717, 1.165) is 5.56 Å². The van der Waals surface area contributed by atoms with E-state index in [1.54, 1.807) is 12.1 Å². The van der Waals surface area contributed by atoms with Gasteiger partial charge in [0, 0.05) is 25.2 Å². The SMILES string of the molecule is O=[N+]([O-])c1cccc(CNCC2(CO)COC2)c1. The van der Waals surface area contributed by atoms with Gasteiger partial charge in [0.1, 0.15) is 0 Å². The number of hydrogen-bond donors (Lipinski definition) is 2. The van der Waals surface area contributed by atoms with Gasteiger partial charge in [0.25, 0.3) is 5.69 Å². The maximum atomic E-state index is 10.6. The predicted octanol–water partition coefficient (Wildman–Crippen LogP) is 0.693. The molecule has 2 rings (SSSR count). The van der Waals surface area contributed by atoms with E-state index in [-0.39, 0.29) is 17.7 Å². The van der Waals surface area contributed by atoms with Crippen molar-refractivity contribution in [3.63, 3.8) is 0 Å². The minimum atomic E-state index is -0.404. The highest BCUT2D eigenvalue weighted by atomic mass is 16.6. The standard InChI is InChI=1S/C12H16N2O4/c15-7-12(8-18-9-12)6-13-5-10-2-1-3-11(4-10)14(16)17/h1-4,13,15H,5-9H2. The van der Waals surface area contributed by atoms with E-state index in [2.05, 4.69) is 5.32 Å². The maximum absolute atomic E-state index is 10.6. The van der Waals surface area contributed by atoms with Crippen LogP contribution in [0.3, 0.4) is 0 Å². The molecule has 6 heteroatoms. The lowest BCUT2D eigenvalue weighted by Crippen LogP contribution is -2.52. The van der Waals surface area contributed by atoms with Gasteiger partial charge in [0.2, 0.25) is 0 Å². The molecule has 1 aromatic carbocycles. The fraction of sp³-hybridized carbons (Fsp3) is 0.500. The zero-order valence-electron chi connectivity index (χ0n) is 9.96. The summed E-state index contributed by atoms with van der Waals surface area (Å²) >= 11 is 0. The Bertz CT molecular complexity index is 426. The first-order chi connectivity index (χ1) is 8.65. The molecule has 1 aromatic rings. The van der Waals surface area contributed by atoms with E-state index in [1.165, 1.54) is 6.07 Å². The van der Waals surface area contributed by atoms with Crippen LogP contribution in [0.25, 0.3) is 0 Å². The zero-order valence-corrected chi connectivity index (χ0v) is 9.96. The summed E-state index contributed by atoms with van der Waals surface area (Å²) in [5, 5.41) is 23.1. The van der Waals surface area contributed by atoms with Crippen LogP contribution in [0.15, 0.2) is 24.3 Å². The first-order valence-electron chi connectivity index (χ1n) is 5.78. The molecule has 0 bridgehead atoms. The van der Waals surface area contributed by atoms with Crippen LogP contribution in [0, 0.1) is 15.5 Å². The number of nitrogens with one attached hydrogen (secondary N) is 1. The molecule has 1 aliphatic rings. The van der Waals surface area contributed by atoms with Crippen molar-refractivity contribution < 1.29 is 14.8 Å². The van der Waals surface area contributed by atoms with Crippen molar-refractivity contribution in [1.29, 1.82) is 0 Å². The lowest BCUT2D eigenvalue weighted by atomic mass is 9.87. The Balaban J connectivity index is 1.86. The average molecular weight is 252 g/mol. The number of rotatable bonds is 6. The van der Waals surface area contributed by atoms with Crippen LogP contribution in [-0.4, -0.2) is 36.4 Å². The minimum Gasteiger partial charge on any atom is -0.396 e. The van der Waals surface area contributed by atoms with Gasteiger partial charge in [0.15, 0.2) is 0 Å². The second kappa shape index (κ2) is 5.43. The summed E-state index contributed by atoms with van der Waals surface area (Å²) < 4.78 is 5.09. The third-order valence-electron chi connectivity index (χ3n) is 3.10. The van der Waals surface area contributed by atoms with Crippen molar-refractivity contribution in [3.05, 3.63) is 39.9 Å². The molecule has 0 atom stereocenters. The highest BCUT2D eigenvalue weighted by molar-refractivity contribution is 5.34. The third-order valence-corrected chi connectivity index (χ3v) is 3.10. The monoisotopic (exact) mass is 252 g/mol. The maximum Gasteiger partial charge on any atom is 0.269 e. The van der Waals surface area contributed by atoms with E-state index in [1.807, 2.05) is 6.07 Å². The number of nitrogens with zero attached hydrogens (tertiary/aromatic N) is 1. The van der Waals surface area contributed by atoms with Gasteiger partial charge >= 0.3 is 0 Å². The van der Waals surface area contributed by atoms with Crippen LogP contribution in [0.1, 0.15) is 5.56 Å². The number of aliphatic hydroxyl groups excluding tert-OH is 1. The molecule has 0 amide bonds. The highest BCUT2D eigenvalue weighted by Gasteiger charge is 2.37. The van der Waals surface area contributed by atoms with Crippen molar-refractivity contribution in [1.82, 2.24) is 5.32 Å². The van der Waals surface area contributed by atoms with Gasteiger partial charge in [-0.25, -0.2) is 0 Å². The number of hydrogen-bond acceptors (Lipinski definition) is 5. The van der Waals surface area contributed by atoms with Crippen molar-refractivity contribution >= 4 is 5.69 Å². The normalized spacial score (nSPS) is 17.2. The number of nitro benzene ring substituents is 1. The molecule has 0 aliphatic carbocycles. The van der Waals surface area contributed by atoms with E-state index in [9.17, 15) is 15.2 Å². The van der Waals surface area contributed by atoms with Crippen LogP contribution in [0.5, 0.6) is 0 Å². The molecule has 0 radical (unpaired) electrons. The first-order valence-corrected chi connectivity index (χ1v) is 5.78. The van der Waals surface area contributed by atoms with Crippen LogP contribution in [0.4, 0.5) is 5.69 Å². The highest BCUT2D eigenvalue weighted by Crippen LogP contribution is 2.25. The topological polar surface area (TPSA) is 84.6 Å². The molecule has 0 unspecified atom stereocenters. The first kappa shape index (κ1) is 12.9. The Kier molecular flexibility index (Phi) is 3.90. The van der Waals surface area contributed by atoms with Crippen LogP contribution in [-0.2, 0) is 11.3 Å². The van der Waals surface area contributed by atoms with Crippen molar-refractivity contribution in [2.24, 2.45) is 5.41 Å². The number of aliphatic hydroxyl groups is 1. The van der Waals surface area contributed by atoms with Crippen molar-refractivity contribution in [2.75, 3.05) is 26.4 Å². The number of benzene rings is 1. The molecular formula is C12H16N2O4. The number of nitro groups is 1. The van der Waals surface area contributed by atoms with Gasteiger partial charge in [-0.15, -0.1) is 0 Å². The van der Waals surface area contributed by atoms with Gasteiger partial charge in [-0.1, -0.05) is 12.1 Å². The van der Waals surface area contributed by atoms with Gasteiger partial charge in [0.05, 0.1) is 30.2 Å². The van der Waals surface area contributed by atoms with Gasteiger partial charge in [-0.2, -0.15) is 0 Å². The summed E-state index contributed by atoms with van der Waals surface area (Å²) in [5.74, 6) is 0. The number of non-ortho nitro benzene ring substituents is 1. The second-order valence-electron chi connectivity index (χ2n) is 4.68. The Morgan fingerprint density at radius 1 is 1.50 bits per heavy atom. The molecule has 6 nitrogen and oxygen atoms in total. The zero-order chi connectivity index (χ0) is 13.0. The fourth-order valence-corrected chi connectivity index (χ4v) is 1.89. The summed E-state index contributed by atoms with van der Waals surface area (Å²) in [7, 11) is 0. The largest absolute Gasteiger partial charge is 0.396 e. The Labute approximate surface area is 105 Å². The summed E-state index contributed by atoms with van der Waals surface area (Å²) in [6, 6.07) is 6.53. The Morgan fingerprint density at radius 2 is 2.28 bits per heavy atom. The molecule has 1 fully saturated rings. The smallest absolute Gasteiger partial charge is 0.269 e. The average Bonchev–Trinajstić information content (AvgIpc) is 2.33. The summed E-state index contributed by atoms with van der Waals surface area (Å²) in [5.41, 5.74) is 0.774. The van der Waals surface area contributed by atoms with Crippen LogP contribution < -0.4 is 5.32 Å². The van der Waals surface area contributed by atoms with Gasteiger partial charge in [-0.05, 0) is 5.56 Å². The van der Waals surface area contributed by atoms with Gasteiger partial charge in [-0.3, -0.25) is 10.1 Å². The lowest BCUT2D eigenvalue weighted by Gasteiger charge is -2.40. The molecule has 0 spiro atoms. The summed E-state index contributed by atoms with van der Waals surface area (Å²) in [6.45, 7) is 2.40. The summed E-state index contributed by atoms with van der Waals surface area (Å²) in [6.07, 6.45) is 0. The van der Waals surface area contributed by atoms with Crippen LogP contribution in [0.2, 0.25) is 0 Å². The minimum absolute atomic E-state index is 0.0922. The molecule has 1 aliphatic heterocycles. The molecule has 0 aromatic heterocycles. The van der Waals surface area contributed by atoms with E-state index < -0.39 is 4.92 Å². The molecular weight excluding hydrogens is 236 g/mol. The van der Waals surface area contributed by atoms with Gasteiger partial charge < -0.3 is 15.2 Å². The molecule has 18 heavy (non-hydrogen) atoms. The second-order valence-corrected chi connectivity index (χ2v) is 4.68. The fourth-order valence-electron chi connectivity index (χ4n) is 1.89. The molecule has 1 heterocycles. The Hall–Kier alpha value is -1.50. The third kappa shape index (κ3) is 2.84. The van der Waals surface area contributed by atoms with Crippen LogP contribution >= 0.6 is 0 Å². The van der Waals surface area contributed by atoms with E-state index in [4.69, 9.17) is 4.74 Å². The quantitative estimate of drug-likeness (QED) is 0.575. The van der Waals surface area contributed by atoms with Crippen molar-refractivity contribution in [3.8, 4) is 0 Å².